The number of anilines is 2. The van der Waals surface area contributed by atoms with Gasteiger partial charge >= 0.3 is 0 Å². The Bertz CT molecular complexity index is 1240. The minimum Gasteiger partial charge on any atom is -0.457 e. The van der Waals surface area contributed by atoms with Gasteiger partial charge in [0.05, 0.1) is 25.2 Å². The van der Waals surface area contributed by atoms with Crippen LogP contribution < -0.4 is 19.3 Å². The van der Waals surface area contributed by atoms with Gasteiger partial charge in [0, 0.05) is 25.3 Å². The van der Waals surface area contributed by atoms with Crippen LogP contribution in [0.5, 0.6) is 11.5 Å². The molecule has 1 aliphatic rings. The van der Waals surface area contributed by atoms with E-state index in [1.807, 2.05) is 54.6 Å². The lowest BCUT2D eigenvalue weighted by molar-refractivity contribution is -0.122. The standard InChI is InChI=1S/C27H31N3O5S/c1-21(27(31)28-20-22-8-10-23(11-9-22)29-16-18-34-19-17-29)30(36(2,32)33)24-12-14-26(15-13-24)35-25-6-4-3-5-7-25/h3-15,21H,16-20H2,1-2H3,(H,28,31). The van der Waals surface area contributed by atoms with Gasteiger partial charge in [0.25, 0.3) is 0 Å². The second kappa shape index (κ2) is 11.5. The Balaban J connectivity index is 1.39. The number of hydrogen-bond donors (Lipinski definition) is 1. The van der Waals surface area contributed by atoms with Crippen molar-refractivity contribution < 1.29 is 22.7 Å². The van der Waals surface area contributed by atoms with Gasteiger partial charge in [-0.25, -0.2) is 8.42 Å². The van der Waals surface area contributed by atoms with Crippen molar-refractivity contribution in [2.75, 3.05) is 41.8 Å². The molecular weight excluding hydrogens is 478 g/mol. The average Bonchev–Trinajstić information content (AvgIpc) is 2.89. The van der Waals surface area contributed by atoms with Crippen LogP contribution in [-0.4, -0.2) is 52.9 Å². The van der Waals surface area contributed by atoms with Crippen molar-refractivity contribution >= 4 is 27.3 Å². The van der Waals surface area contributed by atoms with Gasteiger partial charge in [0.15, 0.2) is 0 Å². The van der Waals surface area contributed by atoms with E-state index in [1.54, 1.807) is 31.2 Å². The summed E-state index contributed by atoms with van der Waals surface area (Å²) in [5.74, 6) is 0.856. The molecule has 0 spiro atoms. The quantitative estimate of drug-likeness (QED) is 0.472. The first-order valence-corrected chi connectivity index (χ1v) is 13.7. The van der Waals surface area contributed by atoms with E-state index in [0.29, 0.717) is 23.7 Å². The summed E-state index contributed by atoms with van der Waals surface area (Å²) in [4.78, 5) is 15.2. The molecule has 1 atom stereocenters. The van der Waals surface area contributed by atoms with Crippen molar-refractivity contribution in [3.8, 4) is 11.5 Å². The van der Waals surface area contributed by atoms with E-state index in [0.717, 1.165) is 48.1 Å². The highest BCUT2D eigenvalue weighted by atomic mass is 32.2. The van der Waals surface area contributed by atoms with Gasteiger partial charge in [0.2, 0.25) is 15.9 Å². The van der Waals surface area contributed by atoms with Gasteiger partial charge in [-0.2, -0.15) is 0 Å². The minimum atomic E-state index is -3.72. The number of rotatable bonds is 9. The van der Waals surface area contributed by atoms with Crippen molar-refractivity contribution in [2.24, 2.45) is 0 Å². The van der Waals surface area contributed by atoms with Crippen molar-refractivity contribution in [3.63, 3.8) is 0 Å². The largest absolute Gasteiger partial charge is 0.457 e. The molecule has 1 N–H and O–H groups in total. The van der Waals surface area contributed by atoms with Gasteiger partial charge in [-0.3, -0.25) is 9.10 Å². The fraction of sp³-hybridized carbons (Fsp3) is 0.296. The van der Waals surface area contributed by atoms with E-state index in [2.05, 4.69) is 10.2 Å². The predicted octanol–water partition coefficient (Wildman–Crippen LogP) is 3.79. The van der Waals surface area contributed by atoms with Gasteiger partial charge in [-0.05, 0) is 61.0 Å². The first kappa shape index (κ1) is 25.5. The Hall–Kier alpha value is -3.56. The number of carbonyl (C=O) groups excluding carboxylic acids is 1. The lowest BCUT2D eigenvalue weighted by Crippen LogP contribution is -2.47. The van der Waals surface area contributed by atoms with Crippen LogP contribution in [0, 0.1) is 0 Å². The molecule has 9 heteroatoms. The lowest BCUT2D eigenvalue weighted by Gasteiger charge is -2.29. The van der Waals surface area contributed by atoms with Gasteiger partial charge in [0.1, 0.15) is 17.5 Å². The topological polar surface area (TPSA) is 88.2 Å². The van der Waals surface area contributed by atoms with E-state index in [1.165, 1.54) is 0 Å². The highest BCUT2D eigenvalue weighted by Gasteiger charge is 2.29. The highest BCUT2D eigenvalue weighted by molar-refractivity contribution is 7.92. The molecule has 36 heavy (non-hydrogen) atoms. The number of amides is 1. The molecule has 1 fully saturated rings. The number of nitrogens with zero attached hydrogens (tertiary/aromatic N) is 2. The monoisotopic (exact) mass is 509 g/mol. The maximum atomic E-state index is 12.9. The van der Waals surface area contributed by atoms with E-state index in [4.69, 9.17) is 9.47 Å². The average molecular weight is 510 g/mol. The van der Waals surface area contributed by atoms with E-state index < -0.39 is 16.1 Å². The second-order valence-corrected chi connectivity index (χ2v) is 10.5. The summed E-state index contributed by atoms with van der Waals surface area (Å²) in [6.45, 7) is 5.02. The summed E-state index contributed by atoms with van der Waals surface area (Å²) in [6.07, 6.45) is 1.09. The van der Waals surface area contributed by atoms with Crippen molar-refractivity contribution in [3.05, 3.63) is 84.4 Å². The molecule has 4 rings (SSSR count). The maximum Gasteiger partial charge on any atom is 0.243 e. The zero-order valence-electron chi connectivity index (χ0n) is 20.5. The zero-order chi connectivity index (χ0) is 25.5. The van der Waals surface area contributed by atoms with Crippen molar-refractivity contribution in [2.45, 2.75) is 19.5 Å². The number of para-hydroxylation sites is 1. The third-order valence-electron chi connectivity index (χ3n) is 5.94. The van der Waals surface area contributed by atoms with Crippen LogP contribution in [0.15, 0.2) is 78.9 Å². The lowest BCUT2D eigenvalue weighted by atomic mass is 10.1. The van der Waals surface area contributed by atoms with Crippen molar-refractivity contribution in [1.82, 2.24) is 5.32 Å². The molecule has 0 bridgehead atoms. The first-order chi connectivity index (χ1) is 17.3. The number of nitrogens with one attached hydrogen (secondary N) is 1. The van der Waals surface area contributed by atoms with Gasteiger partial charge < -0.3 is 19.7 Å². The van der Waals surface area contributed by atoms with Crippen LogP contribution in [0.2, 0.25) is 0 Å². The molecule has 0 saturated carbocycles. The van der Waals surface area contributed by atoms with E-state index >= 15 is 0 Å². The Morgan fingerprint density at radius 1 is 0.972 bits per heavy atom. The van der Waals surface area contributed by atoms with Crippen LogP contribution in [0.25, 0.3) is 0 Å². The van der Waals surface area contributed by atoms with Crippen LogP contribution in [0.1, 0.15) is 12.5 Å². The van der Waals surface area contributed by atoms with Crippen LogP contribution >= 0.6 is 0 Å². The number of carbonyl (C=O) groups is 1. The smallest absolute Gasteiger partial charge is 0.243 e. The van der Waals surface area contributed by atoms with Crippen LogP contribution in [-0.2, 0) is 26.1 Å². The molecule has 1 heterocycles. The first-order valence-electron chi connectivity index (χ1n) is 11.8. The summed E-state index contributed by atoms with van der Waals surface area (Å²) in [5, 5.41) is 2.86. The SMILES string of the molecule is CC(C(=O)NCc1ccc(N2CCOCC2)cc1)N(c1ccc(Oc2ccccc2)cc1)S(C)(=O)=O. The summed E-state index contributed by atoms with van der Waals surface area (Å²) in [6, 6.07) is 23.0. The fourth-order valence-corrected chi connectivity index (χ4v) is 5.25. The maximum absolute atomic E-state index is 12.9. The third kappa shape index (κ3) is 6.56. The number of sulfonamides is 1. The molecule has 1 amide bonds. The van der Waals surface area contributed by atoms with Crippen LogP contribution in [0.4, 0.5) is 11.4 Å². The normalized spacial score (nSPS) is 14.7. The number of ether oxygens (including phenoxy) is 2. The van der Waals surface area contributed by atoms with E-state index in [9.17, 15) is 13.2 Å². The van der Waals surface area contributed by atoms with Crippen molar-refractivity contribution in [1.29, 1.82) is 0 Å². The Morgan fingerprint density at radius 3 is 2.19 bits per heavy atom. The Morgan fingerprint density at radius 2 is 1.58 bits per heavy atom. The van der Waals surface area contributed by atoms with Crippen LogP contribution in [0.3, 0.4) is 0 Å². The molecule has 8 nitrogen and oxygen atoms in total. The molecule has 1 unspecified atom stereocenters. The highest BCUT2D eigenvalue weighted by Crippen LogP contribution is 2.27. The fourth-order valence-electron chi connectivity index (χ4n) is 4.08. The predicted molar refractivity (Wildman–Crippen MR) is 141 cm³/mol. The Kier molecular flexibility index (Phi) is 8.12. The minimum absolute atomic E-state index is 0.300. The summed E-state index contributed by atoms with van der Waals surface area (Å²) in [7, 11) is -3.72. The molecule has 0 aliphatic carbocycles. The summed E-state index contributed by atoms with van der Waals surface area (Å²) >= 11 is 0. The molecule has 1 aliphatic heterocycles. The third-order valence-corrected chi connectivity index (χ3v) is 7.18. The molecule has 3 aromatic rings. The molecule has 3 aromatic carbocycles. The molecule has 190 valence electrons. The van der Waals surface area contributed by atoms with Gasteiger partial charge in [-0.1, -0.05) is 30.3 Å². The molecule has 0 radical (unpaired) electrons. The second-order valence-electron chi connectivity index (χ2n) is 8.63. The number of benzene rings is 3. The molecule has 0 aromatic heterocycles. The van der Waals surface area contributed by atoms with E-state index in [-0.39, 0.29) is 5.91 Å². The summed E-state index contributed by atoms with van der Waals surface area (Å²) in [5.41, 5.74) is 2.43. The summed E-state index contributed by atoms with van der Waals surface area (Å²) < 4.78 is 37.5. The molecule has 1 saturated heterocycles. The Labute approximate surface area is 212 Å². The zero-order valence-corrected chi connectivity index (χ0v) is 21.3. The molecular formula is C27H31N3O5S. The number of hydrogen-bond acceptors (Lipinski definition) is 6. The van der Waals surface area contributed by atoms with Gasteiger partial charge in [-0.15, -0.1) is 0 Å². The number of morpholine rings is 1.